The predicted molar refractivity (Wildman–Crippen MR) is 86.7 cm³/mol. The van der Waals surface area contributed by atoms with Crippen molar-refractivity contribution in [2.45, 2.75) is 6.04 Å². The SMILES string of the molecule is NC(=O)C(Nc1cccc(Br)c1)c1cc(Br)c(Cl)s1. The van der Waals surface area contributed by atoms with Crippen LogP contribution in [-0.2, 0) is 4.79 Å². The van der Waals surface area contributed by atoms with Gasteiger partial charge in [-0.15, -0.1) is 11.3 Å². The van der Waals surface area contributed by atoms with Gasteiger partial charge in [0.15, 0.2) is 0 Å². The Hall–Kier alpha value is -0.560. The number of benzene rings is 1. The van der Waals surface area contributed by atoms with Crippen molar-refractivity contribution in [1.29, 1.82) is 0 Å². The number of amides is 1. The zero-order valence-corrected chi connectivity index (χ0v) is 14.2. The standard InChI is InChI=1S/C12H9Br2ClN2OS/c13-6-2-1-3-7(4-6)17-10(12(16)18)9-5-8(14)11(15)19-9/h1-5,10,17H,(H2,16,18). The third-order valence-electron chi connectivity index (χ3n) is 2.37. The number of carbonyl (C=O) groups is 1. The molecule has 3 N–H and O–H groups in total. The molecule has 0 saturated carbocycles. The van der Waals surface area contributed by atoms with E-state index in [1.807, 2.05) is 24.3 Å². The Morgan fingerprint density at radius 3 is 2.63 bits per heavy atom. The molecule has 0 saturated heterocycles. The van der Waals surface area contributed by atoms with Gasteiger partial charge >= 0.3 is 0 Å². The summed E-state index contributed by atoms with van der Waals surface area (Å²) in [6, 6.07) is 8.71. The molecule has 1 aromatic heterocycles. The summed E-state index contributed by atoms with van der Waals surface area (Å²) in [5.74, 6) is -0.453. The Bertz CT molecular complexity index is 598. The average molecular weight is 425 g/mol. The maximum atomic E-state index is 11.6. The van der Waals surface area contributed by atoms with Crippen LogP contribution in [0, 0.1) is 0 Å². The number of nitrogens with one attached hydrogen (secondary N) is 1. The van der Waals surface area contributed by atoms with Crippen molar-refractivity contribution < 1.29 is 4.79 Å². The van der Waals surface area contributed by atoms with E-state index in [1.54, 1.807) is 6.07 Å². The Balaban J connectivity index is 2.29. The Morgan fingerprint density at radius 1 is 1.37 bits per heavy atom. The van der Waals surface area contributed by atoms with Crippen LogP contribution in [0.3, 0.4) is 0 Å². The Kier molecular flexibility index (Phi) is 4.89. The third-order valence-corrected chi connectivity index (χ3v) is 5.40. The minimum Gasteiger partial charge on any atom is -0.369 e. The van der Waals surface area contributed by atoms with Crippen molar-refractivity contribution in [1.82, 2.24) is 0 Å². The third kappa shape index (κ3) is 3.72. The number of hydrogen-bond acceptors (Lipinski definition) is 3. The summed E-state index contributed by atoms with van der Waals surface area (Å²) in [7, 11) is 0. The summed E-state index contributed by atoms with van der Waals surface area (Å²) in [4.78, 5) is 12.4. The van der Waals surface area contributed by atoms with Gasteiger partial charge in [0.2, 0.25) is 5.91 Å². The number of rotatable bonds is 4. The molecule has 19 heavy (non-hydrogen) atoms. The molecule has 1 unspecified atom stereocenters. The molecule has 1 aromatic carbocycles. The van der Waals surface area contributed by atoms with Gasteiger partial charge < -0.3 is 11.1 Å². The van der Waals surface area contributed by atoms with Crippen LogP contribution in [-0.4, -0.2) is 5.91 Å². The highest BCUT2D eigenvalue weighted by atomic mass is 79.9. The highest BCUT2D eigenvalue weighted by molar-refractivity contribution is 9.10. The molecule has 2 rings (SSSR count). The van der Waals surface area contributed by atoms with E-state index < -0.39 is 11.9 Å². The van der Waals surface area contributed by atoms with Crippen LogP contribution < -0.4 is 11.1 Å². The van der Waals surface area contributed by atoms with Crippen LogP contribution in [0.2, 0.25) is 4.34 Å². The summed E-state index contributed by atoms with van der Waals surface area (Å²) in [6.07, 6.45) is 0. The Morgan fingerprint density at radius 2 is 2.11 bits per heavy atom. The van der Waals surface area contributed by atoms with Gasteiger partial charge in [-0.3, -0.25) is 4.79 Å². The summed E-state index contributed by atoms with van der Waals surface area (Å²) in [5, 5.41) is 3.10. The second-order valence-corrected chi connectivity index (χ2v) is 7.22. The van der Waals surface area contributed by atoms with Crippen LogP contribution in [0.15, 0.2) is 39.3 Å². The van der Waals surface area contributed by atoms with E-state index in [0.29, 0.717) is 4.34 Å². The zero-order valence-electron chi connectivity index (χ0n) is 9.49. The fourth-order valence-corrected chi connectivity index (χ4v) is 3.73. The number of thiophene rings is 1. The number of halogens is 3. The highest BCUT2D eigenvalue weighted by Gasteiger charge is 2.21. The molecule has 7 heteroatoms. The van der Waals surface area contributed by atoms with Gasteiger partial charge in [-0.1, -0.05) is 33.6 Å². The number of anilines is 1. The number of carbonyl (C=O) groups excluding carboxylic acids is 1. The molecular formula is C12H9Br2ClN2OS. The van der Waals surface area contributed by atoms with Crippen LogP contribution in [0.4, 0.5) is 5.69 Å². The van der Waals surface area contributed by atoms with Crippen molar-refractivity contribution >= 4 is 66.4 Å². The average Bonchev–Trinajstić information content (AvgIpc) is 2.66. The van der Waals surface area contributed by atoms with Crippen molar-refractivity contribution in [3.05, 3.63) is 48.5 Å². The molecule has 2 aromatic rings. The molecule has 100 valence electrons. The molecule has 3 nitrogen and oxygen atoms in total. The van der Waals surface area contributed by atoms with Crippen LogP contribution in [0.25, 0.3) is 0 Å². The molecule has 0 aliphatic carbocycles. The fraction of sp³-hybridized carbons (Fsp3) is 0.0833. The quantitative estimate of drug-likeness (QED) is 0.756. The number of primary amides is 1. The van der Waals surface area contributed by atoms with Crippen molar-refractivity contribution in [3.63, 3.8) is 0 Å². The lowest BCUT2D eigenvalue weighted by Gasteiger charge is -2.15. The summed E-state index contributed by atoms with van der Waals surface area (Å²) < 4.78 is 2.28. The number of hydrogen-bond donors (Lipinski definition) is 2. The van der Waals surface area contributed by atoms with E-state index in [1.165, 1.54) is 11.3 Å². The fourth-order valence-electron chi connectivity index (χ4n) is 1.53. The molecule has 0 fully saturated rings. The first-order valence-electron chi connectivity index (χ1n) is 5.23. The first-order valence-corrected chi connectivity index (χ1v) is 8.01. The molecule has 1 heterocycles. The maximum absolute atomic E-state index is 11.6. The zero-order chi connectivity index (χ0) is 14.0. The van der Waals surface area contributed by atoms with Gasteiger partial charge in [0.1, 0.15) is 10.4 Å². The topological polar surface area (TPSA) is 55.1 Å². The molecule has 0 radical (unpaired) electrons. The van der Waals surface area contributed by atoms with Crippen LogP contribution >= 0.6 is 54.8 Å². The van der Waals surface area contributed by atoms with E-state index in [2.05, 4.69) is 37.2 Å². The van der Waals surface area contributed by atoms with Gasteiger partial charge in [-0.2, -0.15) is 0 Å². The first-order chi connectivity index (χ1) is 8.97. The van der Waals surface area contributed by atoms with Crippen LogP contribution in [0.1, 0.15) is 10.9 Å². The lowest BCUT2D eigenvalue weighted by Crippen LogP contribution is -2.26. The van der Waals surface area contributed by atoms with Gasteiger partial charge in [0.05, 0.1) is 0 Å². The van der Waals surface area contributed by atoms with Gasteiger partial charge in [-0.05, 0) is 40.2 Å². The monoisotopic (exact) mass is 422 g/mol. The normalized spacial score (nSPS) is 12.2. The second-order valence-electron chi connectivity index (χ2n) is 3.76. The summed E-state index contributed by atoms with van der Waals surface area (Å²) in [5.41, 5.74) is 6.25. The summed E-state index contributed by atoms with van der Waals surface area (Å²) >= 11 is 14.0. The van der Waals surface area contributed by atoms with Crippen molar-refractivity contribution in [2.24, 2.45) is 5.73 Å². The lowest BCUT2D eigenvalue weighted by atomic mass is 10.2. The lowest BCUT2D eigenvalue weighted by molar-refractivity contribution is -0.118. The first kappa shape index (κ1) is 14.8. The highest BCUT2D eigenvalue weighted by Crippen LogP contribution is 2.36. The van der Waals surface area contributed by atoms with E-state index in [0.717, 1.165) is 19.5 Å². The van der Waals surface area contributed by atoms with Crippen molar-refractivity contribution in [3.8, 4) is 0 Å². The van der Waals surface area contributed by atoms with E-state index in [-0.39, 0.29) is 0 Å². The molecule has 0 aliphatic heterocycles. The minimum absolute atomic E-state index is 0.453. The second kappa shape index (κ2) is 6.26. The maximum Gasteiger partial charge on any atom is 0.245 e. The van der Waals surface area contributed by atoms with E-state index >= 15 is 0 Å². The minimum atomic E-state index is -0.608. The van der Waals surface area contributed by atoms with Crippen molar-refractivity contribution in [2.75, 3.05) is 5.32 Å². The molecule has 1 amide bonds. The molecule has 0 spiro atoms. The Labute approximate surface area is 136 Å². The largest absolute Gasteiger partial charge is 0.369 e. The smallest absolute Gasteiger partial charge is 0.245 e. The summed E-state index contributed by atoms with van der Waals surface area (Å²) in [6.45, 7) is 0. The van der Waals surface area contributed by atoms with E-state index in [4.69, 9.17) is 17.3 Å². The predicted octanol–water partition coefficient (Wildman–Crippen LogP) is 4.57. The molecule has 0 aliphatic rings. The number of nitrogens with two attached hydrogens (primary N) is 1. The van der Waals surface area contributed by atoms with Gasteiger partial charge in [-0.25, -0.2) is 0 Å². The van der Waals surface area contributed by atoms with Gasteiger partial charge in [0, 0.05) is 19.5 Å². The molecule has 0 bridgehead atoms. The van der Waals surface area contributed by atoms with E-state index in [9.17, 15) is 4.79 Å². The molecule has 1 atom stereocenters. The van der Waals surface area contributed by atoms with Gasteiger partial charge in [0.25, 0.3) is 0 Å². The van der Waals surface area contributed by atoms with Crippen LogP contribution in [0.5, 0.6) is 0 Å². The molecular weight excluding hydrogens is 415 g/mol.